The summed E-state index contributed by atoms with van der Waals surface area (Å²) in [5.74, 6) is -1.44. The molecule has 3 heterocycles. The van der Waals surface area contributed by atoms with Gasteiger partial charge in [0.2, 0.25) is 17.5 Å². The van der Waals surface area contributed by atoms with Gasteiger partial charge in [-0.05, 0) is 31.4 Å². The average molecular weight is 494 g/mol. The van der Waals surface area contributed by atoms with E-state index in [0.29, 0.717) is 32.1 Å². The first-order valence-electron chi connectivity index (χ1n) is 11.1. The van der Waals surface area contributed by atoms with E-state index in [0.717, 1.165) is 9.13 Å². The summed E-state index contributed by atoms with van der Waals surface area (Å²) >= 11 is 0. The van der Waals surface area contributed by atoms with Crippen LogP contribution in [0.5, 0.6) is 0 Å². The van der Waals surface area contributed by atoms with Gasteiger partial charge in [0.1, 0.15) is 11.3 Å². The van der Waals surface area contributed by atoms with Crippen molar-refractivity contribution in [3.05, 3.63) is 62.6 Å². The van der Waals surface area contributed by atoms with Crippen molar-refractivity contribution in [1.29, 1.82) is 0 Å². The minimum Gasteiger partial charge on any atom is -0.339 e. The van der Waals surface area contributed by atoms with Crippen LogP contribution >= 0.6 is 0 Å². The number of rotatable bonds is 9. The molecule has 0 amide bonds. The van der Waals surface area contributed by atoms with Crippen LogP contribution < -0.4 is 11.2 Å². The SMILES string of the molecule is CCCCn1c(=O)n(CCCCc2nc(-c3ccccc3F)no2)c(=O)c2[nH]c(C(F)(F)F)nc21. The Balaban J connectivity index is 1.52. The van der Waals surface area contributed by atoms with Crippen molar-refractivity contribution in [2.45, 2.75) is 58.3 Å². The average Bonchev–Trinajstić information content (AvgIpc) is 3.46. The van der Waals surface area contributed by atoms with E-state index in [9.17, 15) is 27.2 Å². The highest BCUT2D eigenvalue weighted by molar-refractivity contribution is 5.70. The Morgan fingerprint density at radius 2 is 1.77 bits per heavy atom. The lowest BCUT2D eigenvalue weighted by atomic mass is 10.2. The maximum Gasteiger partial charge on any atom is 0.449 e. The quantitative estimate of drug-likeness (QED) is 0.279. The fourth-order valence-corrected chi connectivity index (χ4v) is 3.67. The molecule has 0 atom stereocenters. The summed E-state index contributed by atoms with van der Waals surface area (Å²) in [7, 11) is 0. The lowest BCUT2D eigenvalue weighted by Gasteiger charge is -2.10. The van der Waals surface area contributed by atoms with E-state index in [1.54, 1.807) is 12.1 Å². The highest BCUT2D eigenvalue weighted by atomic mass is 19.4. The molecule has 0 spiro atoms. The largest absolute Gasteiger partial charge is 0.449 e. The van der Waals surface area contributed by atoms with Gasteiger partial charge in [0.15, 0.2) is 5.65 Å². The summed E-state index contributed by atoms with van der Waals surface area (Å²) in [6.07, 6.45) is -2.47. The number of aryl methyl sites for hydroxylation is 2. The molecule has 0 aliphatic heterocycles. The van der Waals surface area contributed by atoms with Gasteiger partial charge in [-0.25, -0.2) is 14.2 Å². The number of halogens is 4. The molecule has 0 radical (unpaired) electrons. The van der Waals surface area contributed by atoms with Crippen molar-refractivity contribution in [2.75, 3.05) is 0 Å². The van der Waals surface area contributed by atoms with Crippen molar-refractivity contribution >= 4 is 11.2 Å². The predicted molar refractivity (Wildman–Crippen MR) is 117 cm³/mol. The molecule has 0 fully saturated rings. The van der Waals surface area contributed by atoms with E-state index in [1.807, 2.05) is 11.9 Å². The molecule has 0 saturated carbocycles. The molecule has 0 aliphatic rings. The smallest absolute Gasteiger partial charge is 0.339 e. The van der Waals surface area contributed by atoms with E-state index in [-0.39, 0.29) is 41.5 Å². The summed E-state index contributed by atoms with van der Waals surface area (Å²) in [6, 6.07) is 6.00. The predicted octanol–water partition coefficient (Wildman–Crippen LogP) is 3.92. The van der Waals surface area contributed by atoms with Crippen molar-refractivity contribution in [2.24, 2.45) is 0 Å². The number of H-pyrrole nitrogens is 1. The Labute approximate surface area is 195 Å². The number of nitrogens with one attached hydrogen (secondary N) is 1. The third kappa shape index (κ3) is 5.03. The van der Waals surface area contributed by atoms with Crippen LogP contribution in [-0.4, -0.2) is 29.2 Å². The Morgan fingerprint density at radius 1 is 1.03 bits per heavy atom. The van der Waals surface area contributed by atoms with Crippen LogP contribution in [0, 0.1) is 5.82 Å². The van der Waals surface area contributed by atoms with Gasteiger partial charge in [-0.15, -0.1) is 0 Å². The second-order valence-electron chi connectivity index (χ2n) is 7.98. The fourth-order valence-electron chi connectivity index (χ4n) is 3.67. The zero-order valence-corrected chi connectivity index (χ0v) is 18.7. The van der Waals surface area contributed by atoms with Gasteiger partial charge in [0.25, 0.3) is 5.56 Å². The van der Waals surface area contributed by atoms with Crippen LogP contribution in [0.3, 0.4) is 0 Å². The fraction of sp³-hybridized carbons (Fsp3) is 0.409. The molecule has 1 aromatic carbocycles. The summed E-state index contributed by atoms with van der Waals surface area (Å²) in [5, 5.41) is 3.77. The first-order valence-corrected chi connectivity index (χ1v) is 11.1. The third-order valence-electron chi connectivity index (χ3n) is 5.47. The second kappa shape index (κ2) is 9.84. The first kappa shape index (κ1) is 24.4. The molecular weight excluding hydrogens is 472 g/mol. The van der Waals surface area contributed by atoms with Crippen LogP contribution in [0.2, 0.25) is 0 Å². The summed E-state index contributed by atoms with van der Waals surface area (Å²) in [4.78, 5) is 35.4. The molecule has 9 nitrogen and oxygen atoms in total. The van der Waals surface area contributed by atoms with Crippen LogP contribution in [0.1, 0.15) is 44.3 Å². The van der Waals surface area contributed by atoms with Crippen LogP contribution in [0.25, 0.3) is 22.6 Å². The number of alkyl halides is 3. The lowest BCUT2D eigenvalue weighted by molar-refractivity contribution is -0.144. The molecule has 1 N–H and O–H groups in total. The summed E-state index contributed by atoms with van der Waals surface area (Å²) in [6.45, 7) is 1.99. The molecule has 4 aromatic rings. The number of unbranched alkanes of at least 4 members (excludes halogenated alkanes) is 2. The number of benzene rings is 1. The highest BCUT2D eigenvalue weighted by Crippen LogP contribution is 2.27. The van der Waals surface area contributed by atoms with Crippen molar-refractivity contribution in [1.82, 2.24) is 29.2 Å². The van der Waals surface area contributed by atoms with Gasteiger partial charge in [0, 0.05) is 19.5 Å². The highest BCUT2D eigenvalue weighted by Gasteiger charge is 2.36. The van der Waals surface area contributed by atoms with Gasteiger partial charge in [-0.2, -0.15) is 18.2 Å². The maximum atomic E-state index is 13.9. The Morgan fingerprint density at radius 3 is 2.49 bits per heavy atom. The normalized spacial score (nSPS) is 12.0. The summed E-state index contributed by atoms with van der Waals surface area (Å²) < 4.78 is 60.5. The Hall–Kier alpha value is -3.77. The van der Waals surface area contributed by atoms with Gasteiger partial charge >= 0.3 is 11.9 Å². The molecule has 186 valence electrons. The van der Waals surface area contributed by atoms with E-state index in [1.165, 1.54) is 12.1 Å². The monoisotopic (exact) mass is 494 g/mol. The van der Waals surface area contributed by atoms with Crippen LogP contribution in [0.4, 0.5) is 17.6 Å². The number of hydrogen-bond donors (Lipinski definition) is 1. The van der Waals surface area contributed by atoms with Crippen molar-refractivity contribution in [3.8, 4) is 11.4 Å². The van der Waals surface area contributed by atoms with Gasteiger partial charge in [-0.1, -0.05) is 30.6 Å². The van der Waals surface area contributed by atoms with E-state index < -0.39 is 29.1 Å². The van der Waals surface area contributed by atoms with E-state index >= 15 is 0 Å². The number of aromatic nitrogens is 6. The number of imidazole rings is 1. The minimum absolute atomic E-state index is 0.0194. The molecule has 0 saturated heterocycles. The molecule has 3 aromatic heterocycles. The van der Waals surface area contributed by atoms with Crippen molar-refractivity contribution in [3.63, 3.8) is 0 Å². The number of nitrogens with zero attached hydrogens (tertiary/aromatic N) is 5. The molecule has 4 rings (SSSR count). The molecule has 13 heteroatoms. The minimum atomic E-state index is -4.78. The molecular formula is C22H22F4N6O3. The molecule has 35 heavy (non-hydrogen) atoms. The van der Waals surface area contributed by atoms with Crippen LogP contribution in [-0.2, 0) is 25.7 Å². The molecule has 0 aliphatic carbocycles. The van der Waals surface area contributed by atoms with E-state index in [2.05, 4.69) is 15.1 Å². The summed E-state index contributed by atoms with van der Waals surface area (Å²) in [5.41, 5.74) is -2.04. The number of aromatic amines is 1. The zero-order chi connectivity index (χ0) is 25.2. The van der Waals surface area contributed by atoms with Gasteiger partial charge in [0.05, 0.1) is 5.56 Å². The molecule has 0 unspecified atom stereocenters. The Bertz CT molecular complexity index is 1450. The number of hydrogen-bond acceptors (Lipinski definition) is 6. The lowest BCUT2D eigenvalue weighted by Crippen LogP contribution is -2.40. The number of fused-ring (bicyclic) bond motifs is 1. The topological polar surface area (TPSA) is 112 Å². The van der Waals surface area contributed by atoms with Crippen LogP contribution in [0.15, 0.2) is 38.4 Å². The van der Waals surface area contributed by atoms with E-state index in [4.69, 9.17) is 4.52 Å². The van der Waals surface area contributed by atoms with Gasteiger partial charge in [-0.3, -0.25) is 13.9 Å². The molecule has 0 bridgehead atoms. The van der Waals surface area contributed by atoms with Gasteiger partial charge < -0.3 is 9.51 Å². The third-order valence-corrected chi connectivity index (χ3v) is 5.47. The maximum absolute atomic E-state index is 13.9. The first-order chi connectivity index (χ1) is 16.7. The standard InChI is InChI=1S/C22H22F4N6O3/c1-2-3-11-31-18-16(28-20(29-18)22(24,25)26)19(33)32(21(31)34)12-7-6-10-15-27-17(30-35-15)13-8-4-5-9-14(13)23/h4-5,8-9H,2-3,6-7,10-12H2,1H3,(H,28,29). The Kier molecular flexibility index (Phi) is 6.85. The second-order valence-corrected chi connectivity index (χ2v) is 7.98. The zero-order valence-electron chi connectivity index (χ0n) is 18.7. The van der Waals surface area contributed by atoms with Crippen molar-refractivity contribution < 1.29 is 22.1 Å².